The second-order valence-corrected chi connectivity index (χ2v) is 11.6. The Bertz CT molecular complexity index is 978. The van der Waals surface area contributed by atoms with Crippen molar-refractivity contribution in [2.24, 2.45) is 0 Å². The second kappa shape index (κ2) is 8.85. The fraction of sp³-hybridized carbons (Fsp3) is 0.381. The first-order valence-electron chi connectivity index (χ1n) is 10.1. The van der Waals surface area contributed by atoms with Crippen LogP contribution in [0.2, 0.25) is 5.02 Å². The first kappa shape index (κ1) is 21.6. The smallest absolute Gasteiger partial charge is 0.409 e. The van der Waals surface area contributed by atoms with E-state index in [1.54, 1.807) is 16.8 Å². The maximum Gasteiger partial charge on any atom is 0.424 e. The molecule has 2 aromatic rings. The van der Waals surface area contributed by atoms with Crippen molar-refractivity contribution in [2.75, 3.05) is 49.0 Å². The quantitative estimate of drug-likeness (QED) is 0.607. The molecule has 0 N–H and O–H groups in total. The second-order valence-electron chi connectivity index (χ2n) is 7.09. The van der Waals surface area contributed by atoms with E-state index in [1.807, 2.05) is 24.3 Å². The van der Waals surface area contributed by atoms with Crippen LogP contribution in [0.4, 0.5) is 16.2 Å². The number of morpholine rings is 1. The number of carbonyl (C=O) groups is 1. The minimum atomic E-state index is -2.67. The highest BCUT2D eigenvalue weighted by atomic mass is 35.5. The van der Waals surface area contributed by atoms with Gasteiger partial charge in [-0.15, -0.1) is 0 Å². The predicted molar refractivity (Wildman–Crippen MR) is 126 cm³/mol. The number of carbonyl (C=O) groups excluding carboxylic acids is 1. The van der Waals surface area contributed by atoms with Crippen LogP contribution in [-0.4, -0.2) is 50.2 Å². The van der Waals surface area contributed by atoms with Crippen molar-refractivity contribution < 1.29 is 14.3 Å². The van der Waals surface area contributed by atoms with Crippen molar-refractivity contribution in [3.63, 3.8) is 0 Å². The lowest BCUT2D eigenvalue weighted by Gasteiger charge is -2.46. The summed E-state index contributed by atoms with van der Waals surface area (Å²) in [7, 11) is 0. The van der Waals surface area contributed by atoms with Gasteiger partial charge in [-0.25, -0.2) is 9.46 Å². The fourth-order valence-electron chi connectivity index (χ4n) is 3.91. The van der Waals surface area contributed by atoms with Gasteiger partial charge in [0.2, 0.25) is 0 Å². The third-order valence-corrected chi connectivity index (χ3v) is 10.6. The molecular weight excluding hydrogens is 441 g/mol. The number of hydrogen-bond acceptors (Lipinski definition) is 5. The van der Waals surface area contributed by atoms with Gasteiger partial charge in [0.15, 0.2) is 0 Å². The Morgan fingerprint density at radius 2 is 1.77 bits per heavy atom. The number of nitrogens with zero attached hydrogens (tertiary/aromatic N) is 3. The van der Waals surface area contributed by atoms with Gasteiger partial charge in [0.1, 0.15) is 12.1 Å². The molecule has 2 heterocycles. The van der Waals surface area contributed by atoms with Gasteiger partial charge in [-0.2, -0.15) is 0 Å². The number of hydrogen-bond donors (Lipinski definition) is 0. The molecule has 2 aliphatic heterocycles. The van der Waals surface area contributed by atoms with Crippen LogP contribution in [0.5, 0.6) is 5.75 Å². The van der Waals surface area contributed by atoms with Crippen molar-refractivity contribution in [3.05, 3.63) is 47.5 Å². The van der Waals surface area contributed by atoms with Crippen LogP contribution in [0, 0.1) is 0 Å². The summed E-state index contributed by atoms with van der Waals surface area (Å²) in [6.45, 7) is 8.49. The monoisotopic (exact) mass is 465 g/mol. The Morgan fingerprint density at radius 1 is 1.10 bits per heavy atom. The molecule has 1 unspecified atom stereocenters. The van der Waals surface area contributed by atoms with Crippen LogP contribution in [-0.2, 0) is 16.5 Å². The summed E-state index contributed by atoms with van der Waals surface area (Å²) in [4.78, 5) is 15.5. The molecule has 0 saturated carbocycles. The lowest BCUT2D eigenvalue weighted by atomic mass is 10.2. The van der Waals surface area contributed by atoms with Crippen molar-refractivity contribution in [1.29, 1.82) is 0 Å². The molecule has 4 rings (SSSR count). The summed E-state index contributed by atoms with van der Waals surface area (Å²) in [5, 5.41) is 1.50. The molecule has 0 radical (unpaired) electrons. The minimum absolute atomic E-state index is 0.448. The Hall–Kier alpha value is -1.63. The molecule has 0 bridgehead atoms. The van der Waals surface area contributed by atoms with Crippen LogP contribution < -0.4 is 19.6 Å². The number of rotatable bonds is 5. The summed E-state index contributed by atoms with van der Waals surface area (Å²) >= 11 is 12.4. The number of amides is 1. The lowest BCUT2D eigenvalue weighted by molar-refractivity contribution is 0.0747. The first-order chi connectivity index (χ1) is 14.5. The molecule has 1 amide bonds. The Balaban J connectivity index is 1.86. The third-order valence-electron chi connectivity index (χ3n) is 5.47. The van der Waals surface area contributed by atoms with Gasteiger partial charge < -0.3 is 14.4 Å². The average molecular weight is 466 g/mol. The number of fused-ring (bicyclic) bond motifs is 1. The van der Waals surface area contributed by atoms with Crippen LogP contribution >= 0.6 is 17.9 Å². The topological polar surface area (TPSA) is 45.2 Å². The number of ether oxygens (including phenoxy) is 2. The molecule has 160 valence electrons. The average Bonchev–Trinajstić information content (AvgIpc) is 2.76. The molecule has 30 heavy (non-hydrogen) atoms. The maximum absolute atomic E-state index is 13.3. The van der Waals surface area contributed by atoms with Crippen molar-refractivity contribution in [3.8, 4) is 5.75 Å². The zero-order valence-electron chi connectivity index (χ0n) is 17.1. The van der Waals surface area contributed by atoms with Crippen LogP contribution in [0.25, 0.3) is 0 Å². The first-order valence-corrected chi connectivity index (χ1v) is 13.2. The van der Waals surface area contributed by atoms with Gasteiger partial charge in [0.05, 0.1) is 24.2 Å². The van der Waals surface area contributed by atoms with E-state index >= 15 is 0 Å². The van der Waals surface area contributed by atoms with Gasteiger partial charge in [0.25, 0.3) is 0 Å². The molecular formula is C21H25ClN3O3PS. The molecule has 1 atom stereocenters. The molecule has 2 aliphatic rings. The van der Waals surface area contributed by atoms with E-state index < -0.39 is 12.4 Å². The molecule has 1 saturated heterocycles. The van der Waals surface area contributed by atoms with E-state index in [4.69, 9.17) is 32.9 Å². The summed E-state index contributed by atoms with van der Waals surface area (Å²) in [6, 6.07) is 13.2. The van der Waals surface area contributed by atoms with Gasteiger partial charge >= 0.3 is 6.09 Å². The summed E-state index contributed by atoms with van der Waals surface area (Å²) in [5.41, 5.74) is 1.72. The zero-order chi connectivity index (χ0) is 21.3. The van der Waals surface area contributed by atoms with E-state index in [0.717, 1.165) is 24.1 Å². The van der Waals surface area contributed by atoms with E-state index in [9.17, 15) is 4.79 Å². The van der Waals surface area contributed by atoms with Gasteiger partial charge in [-0.05, 0) is 50.2 Å². The van der Waals surface area contributed by atoms with Crippen LogP contribution in [0.3, 0.4) is 0 Å². The molecule has 1 fully saturated rings. The van der Waals surface area contributed by atoms with Crippen molar-refractivity contribution >= 4 is 52.5 Å². The van der Waals surface area contributed by atoms with Crippen molar-refractivity contribution in [2.45, 2.75) is 13.8 Å². The Labute approximate surface area is 187 Å². The highest BCUT2D eigenvalue weighted by molar-refractivity contribution is 8.18. The van der Waals surface area contributed by atoms with Gasteiger partial charge in [-0.1, -0.05) is 23.4 Å². The summed E-state index contributed by atoms with van der Waals surface area (Å²) in [6.07, 6.45) is -3.11. The predicted octanol–water partition coefficient (Wildman–Crippen LogP) is 4.47. The van der Waals surface area contributed by atoms with E-state index in [0.29, 0.717) is 42.8 Å². The van der Waals surface area contributed by atoms with Gasteiger partial charge in [-0.3, -0.25) is 4.67 Å². The third kappa shape index (κ3) is 3.74. The molecule has 6 nitrogen and oxygen atoms in total. The Kier molecular flexibility index (Phi) is 6.37. The fourth-order valence-corrected chi connectivity index (χ4v) is 8.32. The van der Waals surface area contributed by atoms with Crippen molar-refractivity contribution in [1.82, 2.24) is 4.67 Å². The zero-order valence-corrected chi connectivity index (χ0v) is 19.6. The standard InChI is InChI=1S/C21H25ClN3O3PS/c1-3-23(4-2)18-9-10-20-19(15-18)28-21(26)25(17-7-5-16(22)6-8-17)29(20,30)24-11-13-27-14-12-24/h5-10,15H,3-4,11-14H2,1-2H3. The molecule has 0 aliphatic carbocycles. The van der Waals surface area contributed by atoms with E-state index in [1.165, 1.54) is 0 Å². The number of anilines is 2. The largest absolute Gasteiger partial charge is 0.424 e. The number of benzene rings is 2. The normalized spacial score (nSPS) is 21.8. The SMILES string of the molecule is CCN(CC)c1ccc2c(c1)OC(=O)N(c1ccc(Cl)cc1)P2(=S)N1CCOCC1. The maximum atomic E-state index is 13.3. The van der Waals surface area contributed by atoms with Crippen LogP contribution in [0.15, 0.2) is 42.5 Å². The molecule has 0 spiro atoms. The van der Waals surface area contributed by atoms with E-state index in [2.05, 4.69) is 29.5 Å². The van der Waals surface area contributed by atoms with E-state index in [-0.39, 0.29) is 0 Å². The highest BCUT2D eigenvalue weighted by Gasteiger charge is 2.45. The Morgan fingerprint density at radius 3 is 2.40 bits per heavy atom. The minimum Gasteiger partial charge on any atom is -0.409 e. The highest BCUT2D eigenvalue weighted by Crippen LogP contribution is 2.59. The van der Waals surface area contributed by atoms with Gasteiger partial charge in [0, 0.05) is 43.0 Å². The lowest BCUT2D eigenvalue weighted by Crippen LogP contribution is -2.48. The summed E-state index contributed by atoms with van der Waals surface area (Å²) < 4.78 is 15.3. The molecule has 9 heteroatoms. The van der Waals surface area contributed by atoms with Crippen LogP contribution in [0.1, 0.15) is 13.8 Å². The molecule has 2 aromatic carbocycles. The molecule has 0 aromatic heterocycles. The summed E-state index contributed by atoms with van der Waals surface area (Å²) in [5.74, 6) is 0.560. The number of halogens is 1.